The monoisotopic (exact) mass is 723 g/mol. The van der Waals surface area contributed by atoms with Crippen molar-refractivity contribution in [3.8, 4) is 0 Å². The maximum absolute atomic E-state index is 12.6. The predicted octanol–water partition coefficient (Wildman–Crippen LogP) is 4.83. The van der Waals surface area contributed by atoms with E-state index < -0.39 is 41.9 Å². The molecule has 0 unspecified atom stereocenters. The molecular weight excluding hydrogens is 674 g/mol. The van der Waals surface area contributed by atoms with Gasteiger partial charge in [-0.3, -0.25) is 25.8 Å². The van der Waals surface area contributed by atoms with Crippen LogP contribution in [0.1, 0.15) is 70.4 Å². The number of nitrogens with zero attached hydrogens (tertiary/aromatic N) is 1. The summed E-state index contributed by atoms with van der Waals surface area (Å²) in [7, 11) is 0. The van der Waals surface area contributed by atoms with Crippen molar-refractivity contribution in [1.82, 2.24) is 32.1 Å². The number of carboxylic acid groups (broad SMARTS) is 1. The first-order chi connectivity index (χ1) is 24.9. The average Bonchev–Trinajstić information content (AvgIpc) is 3.10. The number of hydrogen-bond donors (Lipinski definition) is 7. The third-order valence-electron chi connectivity index (χ3n) is 7.50. The van der Waals surface area contributed by atoms with E-state index in [1.807, 2.05) is 36.4 Å². The zero-order valence-corrected chi connectivity index (χ0v) is 29.7. The highest BCUT2D eigenvalue weighted by atomic mass is 16.6. The molecule has 0 bridgehead atoms. The summed E-state index contributed by atoms with van der Waals surface area (Å²) in [5, 5.41) is 19.5. The number of ether oxygens (including phenoxy) is 3. The molecule has 0 aliphatic heterocycles. The van der Waals surface area contributed by atoms with E-state index in [2.05, 4.69) is 37.1 Å². The van der Waals surface area contributed by atoms with Crippen LogP contribution >= 0.6 is 0 Å². The first-order valence-corrected chi connectivity index (χ1v) is 17.1. The Balaban J connectivity index is 1.55. The molecule has 0 radical (unpaired) electrons. The Morgan fingerprint density at radius 1 is 0.865 bits per heavy atom. The number of carbonyl (C=O) groups excluding carboxylic acids is 4. The van der Waals surface area contributed by atoms with Gasteiger partial charge in [-0.25, -0.2) is 24.6 Å². The van der Waals surface area contributed by atoms with Gasteiger partial charge in [0.15, 0.2) is 0 Å². The second-order valence-electron chi connectivity index (χ2n) is 13.0. The standard InChI is InChI=1S/C36H49N7O9/c1-36(2,3)52-35(49)40-29(22-39-43-32(46)38-21-25-16-18-28(19-17-25)30(44)45)15-10-20-37-31(41-33(47)50-23-26-11-6-4-7-12-26)42-34(48)51-24-27-13-8-5-9-14-27/h4-9,11-14,21,28-29,39H,10,15-20,22-24H2,1-3H3,(H,40,49)(H,44,45)(H2,38,43,46)(H2,37,41,42,47,48)/t28?,29-/m0/s1. The van der Waals surface area contributed by atoms with Crippen LogP contribution in [0, 0.1) is 5.92 Å². The molecule has 0 heterocycles. The number of rotatable bonds is 14. The van der Waals surface area contributed by atoms with Crippen LogP contribution < -0.4 is 32.1 Å². The van der Waals surface area contributed by atoms with Crippen LogP contribution in [0.25, 0.3) is 0 Å². The third-order valence-corrected chi connectivity index (χ3v) is 7.50. The quantitative estimate of drug-likeness (QED) is 0.0463. The van der Waals surface area contributed by atoms with E-state index >= 15 is 0 Å². The van der Waals surface area contributed by atoms with Gasteiger partial charge in [0, 0.05) is 25.3 Å². The fourth-order valence-electron chi connectivity index (χ4n) is 4.89. The van der Waals surface area contributed by atoms with Gasteiger partial charge in [-0.2, -0.15) is 0 Å². The van der Waals surface area contributed by atoms with Gasteiger partial charge in [-0.05, 0) is 70.4 Å². The first kappa shape index (κ1) is 40.8. The number of benzene rings is 2. The van der Waals surface area contributed by atoms with Crippen LogP contribution in [-0.2, 0) is 32.2 Å². The molecule has 52 heavy (non-hydrogen) atoms. The van der Waals surface area contributed by atoms with Crippen LogP contribution in [0.3, 0.4) is 0 Å². The Hall–Kier alpha value is -5.64. The van der Waals surface area contributed by atoms with Gasteiger partial charge in [-0.1, -0.05) is 66.2 Å². The molecule has 1 fully saturated rings. The number of guanidine groups is 1. The first-order valence-electron chi connectivity index (χ1n) is 17.1. The molecule has 1 aliphatic rings. The summed E-state index contributed by atoms with van der Waals surface area (Å²) in [5.74, 6) is -1.35. The van der Waals surface area contributed by atoms with Crippen LogP contribution in [-0.4, -0.2) is 66.1 Å². The van der Waals surface area contributed by atoms with Crippen molar-refractivity contribution in [2.45, 2.75) is 84.2 Å². The maximum atomic E-state index is 12.6. The largest absolute Gasteiger partial charge is 0.481 e. The predicted molar refractivity (Wildman–Crippen MR) is 192 cm³/mol. The number of aliphatic carboxylic acids is 1. The Morgan fingerprint density at radius 2 is 1.42 bits per heavy atom. The second-order valence-corrected chi connectivity index (χ2v) is 13.0. The number of carboxylic acids is 1. The van der Waals surface area contributed by atoms with E-state index in [0.29, 0.717) is 38.5 Å². The zero-order chi connectivity index (χ0) is 37.8. The number of hydrogen-bond acceptors (Lipinski definition) is 10. The Morgan fingerprint density at radius 3 is 1.94 bits per heavy atom. The van der Waals surface area contributed by atoms with Crippen molar-refractivity contribution in [2.75, 3.05) is 13.1 Å². The van der Waals surface area contributed by atoms with Gasteiger partial charge in [0.05, 0.1) is 5.92 Å². The van der Waals surface area contributed by atoms with Gasteiger partial charge in [0.1, 0.15) is 18.8 Å². The molecule has 1 saturated carbocycles. The summed E-state index contributed by atoms with van der Waals surface area (Å²) in [5.41, 5.74) is 7.07. The average molecular weight is 724 g/mol. The fraction of sp³-hybridized carbons (Fsp3) is 0.444. The van der Waals surface area contributed by atoms with Crippen LogP contribution in [0.4, 0.5) is 19.2 Å². The summed E-state index contributed by atoms with van der Waals surface area (Å²) in [6, 6.07) is 17.1. The van der Waals surface area contributed by atoms with E-state index in [4.69, 9.17) is 19.3 Å². The SMILES string of the molecule is CC(C)(C)OC(=O)N[C@@H](CCCN=C(NC(=O)OCc1ccccc1)NC(=O)OCc1ccccc1)CNNC(=O)NC=C1CCC(C(=O)O)CC1. The van der Waals surface area contributed by atoms with E-state index in [1.54, 1.807) is 51.2 Å². The second kappa shape index (κ2) is 21.5. The van der Waals surface area contributed by atoms with E-state index in [0.717, 1.165) is 16.7 Å². The Bertz CT molecular complexity index is 1460. The Labute approximate surface area is 303 Å². The van der Waals surface area contributed by atoms with Gasteiger partial charge in [-0.15, -0.1) is 0 Å². The van der Waals surface area contributed by atoms with E-state index in [9.17, 15) is 24.0 Å². The van der Waals surface area contributed by atoms with Crippen molar-refractivity contribution in [3.05, 3.63) is 83.6 Å². The van der Waals surface area contributed by atoms with Crippen molar-refractivity contribution in [3.63, 3.8) is 0 Å². The lowest BCUT2D eigenvalue weighted by atomic mass is 9.86. The van der Waals surface area contributed by atoms with E-state index in [-0.39, 0.29) is 38.2 Å². The van der Waals surface area contributed by atoms with Gasteiger partial charge in [0.25, 0.3) is 0 Å². The van der Waals surface area contributed by atoms with E-state index in [1.165, 1.54) is 0 Å². The number of urea groups is 1. The van der Waals surface area contributed by atoms with Crippen LogP contribution in [0.5, 0.6) is 0 Å². The Kier molecular flexibility index (Phi) is 16.9. The number of alkyl carbamates (subject to hydrolysis) is 3. The van der Waals surface area contributed by atoms with Gasteiger partial charge < -0.3 is 30.0 Å². The lowest BCUT2D eigenvalue weighted by Crippen LogP contribution is -2.50. The van der Waals surface area contributed by atoms with Crippen molar-refractivity contribution >= 4 is 36.2 Å². The number of allylic oxidation sites excluding steroid dienone is 1. The molecule has 1 aliphatic carbocycles. The van der Waals surface area contributed by atoms with Crippen molar-refractivity contribution in [1.29, 1.82) is 0 Å². The molecular formula is C36H49N7O9. The van der Waals surface area contributed by atoms with Crippen molar-refractivity contribution in [2.24, 2.45) is 10.9 Å². The summed E-state index contributed by atoms with van der Waals surface area (Å²) < 4.78 is 15.9. The van der Waals surface area contributed by atoms with Crippen LogP contribution in [0.15, 0.2) is 77.4 Å². The molecule has 3 rings (SSSR count). The number of nitrogens with one attached hydrogen (secondary N) is 6. The highest BCUT2D eigenvalue weighted by molar-refractivity contribution is 6.01. The fourth-order valence-corrected chi connectivity index (χ4v) is 4.89. The van der Waals surface area contributed by atoms with Crippen LogP contribution in [0.2, 0.25) is 0 Å². The topological polar surface area (TPSA) is 218 Å². The maximum Gasteiger partial charge on any atom is 0.414 e. The summed E-state index contributed by atoms with van der Waals surface area (Å²) in [6.07, 6.45) is 2.21. The number of aliphatic imine (C=N–C) groups is 1. The normalized spacial score (nSPS) is 14.4. The lowest BCUT2D eigenvalue weighted by molar-refractivity contribution is -0.142. The summed E-state index contributed by atoms with van der Waals surface area (Å²) in [6.45, 7) is 5.44. The molecule has 16 heteroatoms. The van der Waals surface area contributed by atoms with Crippen molar-refractivity contribution < 1.29 is 43.3 Å². The molecule has 5 amide bonds. The number of amides is 5. The number of hydrazine groups is 1. The zero-order valence-electron chi connectivity index (χ0n) is 29.7. The summed E-state index contributed by atoms with van der Waals surface area (Å²) in [4.78, 5) is 65.6. The lowest BCUT2D eigenvalue weighted by Gasteiger charge is -2.24. The molecule has 2 aromatic carbocycles. The molecule has 0 spiro atoms. The van der Waals surface area contributed by atoms with Gasteiger partial charge in [0.2, 0.25) is 5.96 Å². The summed E-state index contributed by atoms with van der Waals surface area (Å²) >= 11 is 0. The molecule has 282 valence electrons. The molecule has 0 saturated heterocycles. The molecule has 7 N–H and O–H groups in total. The minimum atomic E-state index is -0.840. The minimum absolute atomic E-state index is 0.000141. The molecule has 16 nitrogen and oxygen atoms in total. The number of carbonyl (C=O) groups is 5. The molecule has 0 aromatic heterocycles. The third kappa shape index (κ3) is 17.3. The smallest absolute Gasteiger partial charge is 0.414 e. The van der Waals surface area contributed by atoms with Gasteiger partial charge >= 0.3 is 30.3 Å². The molecule has 1 atom stereocenters. The highest BCUT2D eigenvalue weighted by Crippen LogP contribution is 2.27. The molecule has 2 aromatic rings. The highest BCUT2D eigenvalue weighted by Gasteiger charge is 2.23. The minimum Gasteiger partial charge on any atom is -0.481 e.